The van der Waals surface area contributed by atoms with Crippen molar-refractivity contribution in [2.24, 2.45) is 11.0 Å². The topological polar surface area (TPSA) is 88.2 Å². The third-order valence-corrected chi connectivity index (χ3v) is 1.71. The lowest BCUT2D eigenvalue weighted by atomic mass is 10.5. The fourth-order valence-corrected chi connectivity index (χ4v) is 1.10. The van der Waals surface area contributed by atoms with Gasteiger partial charge in [-0.15, -0.1) is 4.91 Å². The number of primary amides is 1. The van der Waals surface area contributed by atoms with Crippen LogP contribution in [0.1, 0.15) is 0 Å². The zero-order valence-corrected chi connectivity index (χ0v) is 7.18. The van der Waals surface area contributed by atoms with E-state index in [1.807, 2.05) is 0 Å². The number of amides is 1. The largest absolute Gasteiger partial charge is 0.379 e. The minimum absolute atomic E-state index is 0.177. The first-order valence-corrected chi connectivity index (χ1v) is 3.95. The molecule has 0 aromatic heterocycles. The summed E-state index contributed by atoms with van der Waals surface area (Å²) in [6, 6.07) is 0. The number of morpholine rings is 1. The van der Waals surface area contributed by atoms with Crippen molar-refractivity contribution in [1.29, 1.82) is 0 Å². The van der Waals surface area contributed by atoms with E-state index in [1.54, 1.807) is 5.01 Å². The first kappa shape index (κ1) is 9.87. The molecule has 74 valence electrons. The Kier molecular flexibility index (Phi) is 3.59. The van der Waals surface area contributed by atoms with Gasteiger partial charge >= 0.3 is 0 Å². The molecule has 2 N–H and O–H groups in total. The zero-order valence-electron chi connectivity index (χ0n) is 7.18. The molecule has 7 heteroatoms. The van der Waals surface area contributed by atoms with Crippen LogP contribution < -0.4 is 5.73 Å². The molecule has 0 atom stereocenters. The number of hydrazine groups is 1. The Morgan fingerprint density at radius 3 is 2.62 bits per heavy atom. The van der Waals surface area contributed by atoms with Gasteiger partial charge in [-0.25, -0.2) is 0 Å². The van der Waals surface area contributed by atoms with Crippen LogP contribution in [0.3, 0.4) is 0 Å². The molecule has 0 aromatic rings. The highest BCUT2D eigenvalue weighted by molar-refractivity contribution is 5.75. The highest BCUT2D eigenvalue weighted by atomic mass is 16.5. The van der Waals surface area contributed by atoms with Gasteiger partial charge in [0.05, 0.1) is 18.5 Å². The molecule has 13 heavy (non-hydrogen) atoms. The van der Waals surface area contributed by atoms with E-state index < -0.39 is 5.91 Å². The van der Waals surface area contributed by atoms with Gasteiger partial charge in [-0.05, 0) is 0 Å². The number of nitrogens with zero attached hydrogens (tertiary/aromatic N) is 3. The summed E-state index contributed by atoms with van der Waals surface area (Å²) in [5.74, 6) is -0.578. The van der Waals surface area contributed by atoms with E-state index in [9.17, 15) is 9.70 Å². The third kappa shape index (κ3) is 2.96. The van der Waals surface area contributed by atoms with Crippen LogP contribution in [-0.2, 0) is 9.53 Å². The van der Waals surface area contributed by atoms with Crippen molar-refractivity contribution in [2.45, 2.75) is 0 Å². The number of hydrogen-bond acceptors (Lipinski definition) is 5. The summed E-state index contributed by atoms with van der Waals surface area (Å²) in [7, 11) is 0. The number of nitroso groups, excluding NO2 is 1. The molecule has 0 unspecified atom stereocenters. The molecular formula is C6H12N4O3. The van der Waals surface area contributed by atoms with Crippen molar-refractivity contribution in [1.82, 2.24) is 10.1 Å². The van der Waals surface area contributed by atoms with Crippen molar-refractivity contribution < 1.29 is 9.53 Å². The molecule has 1 rings (SSSR count). The predicted octanol–water partition coefficient (Wildman–Crippen LogP) is -1.30. The van der Waals surface area contributed by atoms with Crippen molar-refractivity contribution in [3.05, 3.63) is 4.91 Å². The maximum absolute atomic E-state index is 10.5. The van der Waals surface area contributed by atoms with Crippen LogP contribution >= 0.6 is 0 Å². The number of carbonyl (C=O) groups excluding carboxylic acids is 1. The van der Waals surface area contributed by atoms with E-state index in [0.717, 1.165) is 5.12 Å². The average molecular weight is 188 g/mol. The summed E-state index contributed by atoms with van der Waals surface area (Å²) in [5, 5.41) is 5.38. The SMILES string of the molecule is NC(=O)CN(N=O)N1CCOCC1. The highest BCUT2D eigenvalue weighted by Crippen LogP contribution is 2.02. The number of ether oxygens (including phenoxy) is 1. The molecule has 1 aliphatic heterocycles. The summed E-state index contributed by atoms with van der Waals surface area (Å²) >= 11 is 0. The molecule has 1 saturated heterocycles. The van der Waals surface area contributed by atoms with Crippen LogP contribution in [0.15, 0.2) is 5.29 Å². The van der Waals surface area contributed by atoms with E-state index in [0.29, 0.717) is 26.3 Å². The van der Waals surface area contributed by atoms with E-state index in [4.69, 9.17) is 10.5 Å². The van der Waals surface area contributed by atoms with E-state index in [1.165, 1.54) is 0 Å². The summed E-state index contributed by atoms with van der Waals surface area (Å²) in [4.78, 5) is 20.9. The lowest BCUT2D eigenvalue weighted by Crippen LogP contribution is -2.48. The normalized spacial score (nSPS) is 18.2. The van der Waals surface area contributed by atoms with Gasteiger partial charge in [0.15, 0.2) is 0 Å². The summed E-state index contributed by atoms with van der Waals surface area (Å²) in [6.07, 6.45) is 0. The first-order valence-electron chi connectivity index (χ1n) is 3.95. The Hall–Kier alpha value is -1.21. The Morgan fingerprint density at radius 2 is 2.15 bits per heavy atom. The minimum Gasteiger partial charge on any atom is -0.379 e. The van der Waals surface area contributed by atoms with Gasteiger partial charge in [-0.1, -0.05) is 0 Å². The monoisotopic (exact) mass is 188 g/mol. The molecule has 1 amide bonds. The Labute approximate surface area is 75.3 Å². The molecular weight excluding hydrogens is 176 g/mol. The molecule has 0 saturated carbocycles. The molecule has 1 heterocycles. The van der Waals surface area contributed by atoms with Crippen molar-refractivity contribution in [3.8, 4) is 0 Å². The molecule has 0 spiro atoms. The summed E-state index contributed by atoms with van der Waals surface area (Å²) < 4.78 is 5.07. The van der Waals surface area contributed by atoms with Crippen LogP contribution in [0.4, 0.5) is 0 Å². The number of nitrogens with two attached hydrogens (primary N) is 1. The fourth-order valence-electron chi connectivity index (χ4n) is 1.10. The first-order chi connectivity index (χ1) is 6.24. The second kappa shape index (κ2) is 4.73. The molecule has 0 aliphatic carbocycles. The number of hydrogen-bond donors (Lipinski definition) is 1. The lowest BCUT2D eigenvalue weighted by molar-refractivity contribution is -0.131. The van der Waals surface area contributed by atoms with Crippen LogP contribution in [0.2, 0.25) is 0 Å². The van der Waals surface area contributed by atoms with Crippen LogP contribution in [0, 0.1) is 4.91 Å². The predicted molar refractivity (Wildman–Crippen MR) is 44.1 cm³/mol. The quantitative estimate of drug-likeness (QED) is 0.437. The zero-order chi connectivity index (χ0) is 9.68. The Balaban J connectivity index is 2.43. The second-order valence-corrected chi connectivity index (χ2v) is 2.64. The highest BCUT2D eigenvalue weighted by Gasteiger charge is 2.19. The van der Waals surface area contributed by atoms with Crippen molar-refractivity contribution in [3.63, 3.8) is 0 Å². The molecule has 7 nitrogen and oxygen atoms in total. The van der Waals surface area contributed by atoms with Gasteiger partial charge in [0.2, 0.25) is 5.91 Å². The third-order valence-electron chi connectivity index (χ3n) is 1.71. The summed E-state index contributed by atoms with van der Waals surface area (Å²) in [6.45, 7) is 2.00. The van der Waals surface area contributed by atoms with Crippen molar-refractivity contribution in [2.75, 3.05) is 32.8 Å². The molecule has 0 bridgehead atoms. The van der Waals surface area contributed by atoms with E-state index in [-0.39, 0.29) is 6.54 Å². The van der Waals surface area contributed by atoms with Crippen LogP contribution in [0.25, 0.3) is 0 Å². The van der Waals surface area contributed by atoms with Crippen LogP contribution in [0.5, 0.6) is 0 Å². The molecule has 0 radical (unpaired) electrons. The summed E-state index contributed by atoms with van der Waals surface area (Å²) in [5.41, 5.74) is 4.94. The second-order valence-electron chi connectivity index (χ2n) is 2.64. The molecule has 1 fully saturated rings. The molecule has 1 aliphatic rings. The van der Waals surface area contributed by atoms with E-state index >= 15 is 0 Å². The fraction of sp³-hybridized carbons (Fsp3) is 0.833. The molecule has 0 aromatic carbocycles. The van der Waals surface area contributed by atoms with E-state index in [2.05, 4.69) is 5.29 Å². The average Bonchev–Trinajstić information content (AvgIpc) is 2.15. The number of carbonyl (C=O) groups is 1. The minimum atomic E-state index is -0.578. The Morgan fingerprint density at radius 1 is 1.54 bits per heavy atom. The number of rotatable bonds is 4. The van der Waals surface area contributed by atoms with Crippen molar-refractivity contribution >= 4 is 5.91 Å². The van der Waals surface area contributed by atoms with Gasteiger partial charge in [-0.2, -0.15) is 10.1 Å². The van der Waals surface area contributed by atoms with Crippen LogP contribution in [-0.4, -0.2) is 48.9 Å². The van der Waals surface area contributed by atoms with Gasteiger partial charge in [-0.3, -0.25) is 4.79 Å². The van der Waals surface area contributed by atoms with Gasteiger partial charge in [0, 0.05) is 13.1 Å². The lowest BCUT2D eigenvalue weighted by Gasteiger charge is -2.31. The Bertz CT molecular complexity index is 192. The standard InChI is InChI=1S/C6H12N4O3/c7-6(11)5-10(8-12)9-1-3-13-4-2-9/h1-5H2,(H2,7,11). The maximum Gasteiger partial charge on any atom is 0.240 e. The van der Waals surface area contributed by atoms with Gasteiger partial charge in [0.1, 0.15) is 6.54 Å². The van der Waals surface area contributed by atoms with Gasteiger partial charge in [0.25, 0.3) is 0 Å². The maximum atomic E-state index is 10.5. The smallest absolute Gasteiger partial charge is 0.240 e. The van der Waals surface area contributed by atoms with Gasteiger partial charge < -0.3 is 10.5 Å².